The monoisotopic (exact) mass is 340 g/mol. The number of benzene rings is 2. The van der Waals surface area contributed by atoms with Gasteiger partial charge in [0.1, 0.15) is 5.84 Å². The zero-order valence-electron chi connectivity index (χ0n) is 11.7. The SMILES string of the molecule is ONC(/C=C/c1cccc(C(F)(F)F)c1)=Nc1cccc(Cl)c1. The van der Waals surface area contributed by atoms with Gasteiger partial charge in [-0.1, -0.05) is 35.9 Å². The van der Waals surface area contributed by atoms with Crippen LogP contribution in [0.15, 0.2) is 59.6 Å². The summed E-state index contributed by atoms with van der Waals surface area (Å²) in [5.41, 5.74) is 1.95. The average molecular weight is 341 g/mol. The van der Waals surface area contributed by atoms with Crippen LogP contribution in [0.1, 0.15) is 11.1 Å². The Hall–Kier alpha value is -2.31. The molecular weight excluding hydrogens is 329 g/mol. The van der Waals surface area contributed by atoms with Gasteiger partial charge in [-0.05, 0) is 42.0 Å². The molecule has 2 rings (SSSR count). The van der Waals surface area contributed by atoms with E-state index in [9.17, 15) is 13.2 Å². The van der Waals surface area contributed by atoms with Gasteiger partial charge in [0.05, 0.1) is 11.3 Å². The first-order chi connectivity index (χ1) is 10.9. The summed E-state index contributed by atoms with van der Waals surface area (Å²) >= 11 is 5.83. The van der Waals surface area contributed by atoms with Gasteiger partial charge >= 0.3 is 6.18 Å². The minimum atomic E-state index is -4.41. The van der Waals surface area contributed by atoms with E-state index in [0.717, 1.165) is 12.1 Å². The highest BCUT2D eigenvalue weighted by atomic mass is 35.5. The lowest BCUT2D eigenvalue weighted by Gasteiger charge is -2.06. The summed E-state index contributed by atoms with van der Waals surface area (Å²) in [5, 5.41) is 9.55. The Bertz CT molecular complexity index is 742. The van der Waals surface area contributed by atoms with Crippen LogP contribution in [0.3, 0.4) is 0 Å². The molecule has 0 saturated carbocycles. The Labute approximate surface area is 135 Å². The summed E-state index contributed by atoms with van der Waals surface area (Å²) in [7, 11) is 0. The third-order valence-electron chi connectivity index (χ3n) is 2.82. The van der Waals surface area contributed by atoms with E-state index in [1.165, 1.54) is 24.3 Å². The molecule has 0 atom stereocenters. The molecule has 0 radical (unpaired) electrons. The lowest BCUT2D eigenvalue weighted by molar-refractivity contribution is -0.137. The topological polar surface area (TPSA) is 44.6 Å². The van der Waals surface area contributed by atoms with Crippen molar-refractivity contribution in [2.45, 2.75) is 6.18 Å². The van der Waals surface area contributed by atoms with Crippen LogP contribution < -0.4 is 5.48 Å². The predicted molar refractivity (Wildman–Crippen MR) is 83.9 cm³/mol. The molecule has 2 N–H and O–H groups in total. The van der Waals surface area contributed by atoms with Crippen LogP contribution in [-0.2, 0) is 6.18 Å². The van der Waals surface area contributed by atoms with Gasteiger partial charge in [-0.2, -0.15) is 13.2 Å². The number of aliphatic imine (C=N–C) groups is 1. The van der Waals surface area contributed by atoms with Gasteiger partial charge in [-0.15, -0.1) is 0 Å². The largest absolute Gasteiger partial charge is 0.416 e. The molecule has 0 aliphatic heterocycles. The predicted octanol–water partition coefficient (Wildman–Crippen LogP) is 5.08. The van der Waals surface area contributed by atoms with Crippen molar-refractivity contribution in [1.29, 1.82) is 0 Å². The van der Waals surface area contributed by atoms with E-state index in [1.807, 2.05) is 5.48 Å². The second kappa shape index (κ2) is 7.30. The number of nitrogens with zero attached hydrogens (tertiary/aromatic N) is 1. The molecule has 7 heteroatoms. The maximum absolute atomic E-state index is 12.6. The maximum atomic E-state index is 12.6. The van der Waals surface area contributed by atoms with E-state index in [4.69, 9.17) is 16.8 Å². The molecule has 0 fully saturated rings. The Kier molecular flexibility index (Phi) is 5.41. The summed E-state index contributed by atoms with van der Waals surface area (Å²) in [6, 6.07) is 11.4. The zero-order chi connectivity index (χ0) is 16.9. The molecule has 23 heavy (non-hydrogen) atoms. The number of hydrogen-bond acceptors (Lipinski definition) is 2. The molecule has 0 aromatic heterocycles. The fraction of sp³-hybridized carbons (Fsp3) is 0.0625. The highest BCUT2D eigenvalue weighted by molar-refractivity contribution is 6.30. The standard InChI is InChI=1S/C16H12ClF3N2O/c17-13-5-2-6-14(10-13)21-15(22-23)8-7-11-3-1-4-12(9-11)16(18,19)20/h1-10,23H,(H,21,22)/b8-7+. The van der Waals surface area contributed by atoms with Gasteiger partial charge in [0.15, 0.2) is 0 Å². The molecule has 0 unspecified atom stereocenters. The molecule has 0 saturated heterocycles. The second-order valence-electron chi connectivity index (χ2n) is 4.55. The van der Waals surface area contributed by atoms with Crippen molar-refractivity contribution < 1.29 is 18.4 Å². The quantitative estimate of drug-likeness (QED) is 0.465. The number of hydroxylamine groups is 1. The molecule has 0 spiro atoms. The van der Waals surface area contributed by atoms with Crippen LogP contribution in [0.4, 0.5) is 18.9 Å². The van der Waals surface area contributed by atoms with Gasteiger partial charge in [-0.3, -0.25) is 10.7 Å². The van der Waals surface area contributed by atoms with E-state index in [-0.39, 0.29) is 5.84 Å². The summed E-state index contributed by atoms with van der Waals surface area (Å²) in [5.74, 6) is 0.0599. The fourth-order valence-corrected chi connectivity index (χ4v) is 1.96. The Morgan fingerprint density at radius 3 is 2.52 bits per heavy atom. The molecule has 3 nitrogen and oxygen atoms in total. The van der Waals surface area contributed by atoms with E-state index in [0.29, 0.717) is 16.3 Å². The highest BCUT2D eigenvalue weighted by Crippen LogP contribution is 2.29. The van der Waals surface area contributed by atoms with Crippen molar-refractivity contribution in [3.8, 4) is 0 Å². The van der Waals surface area contributed by atoms with Crippen molar-refractivity contribution in [2.24, 2.45) is 4.99 Å². The lowest BCUT2D eigenvalue weighted by Crippen LogP contribution is -2.15. The Morgan fingerprint density at radius 1 is 1.13 bits per heavy atom. The number of halogens is 4. The number of amidine groups is 1. The summed E-state index contributed by atoms with van der Waals surface area (Å²) in [6.07, 6.45) is -1.64. The van der Waals surface area contributed by atoms with Crippen LogP contribution in [0.25, 0.3) is 6.08 Å². The second-order valence-corrected chi connectivity index (χ2v) is 4.98. The first-order valence-corrected chi connectivity index (χ1v) is 6.86. The van der Waals surface area contributed by atoms with Gasteiger partial charge < -0.3 is 0 Å². The van der Waals surface area contributed by atoms with Crippen molar-refractivity contribution in [3.63, 3.8) is 0 Å². The van der Waals surface area contributed by atoms with Crippen molar-refractivity contribution in [2.75, 3.05) is 0 Å². The van der Waals surface area contributed by atoms with Crippen LogP contribution in [0, 0.1) is 0 Å². The summed E-state index contributed by atoms with van der Waals surface area (Å²) in [4.78, 5) is 4.09. The van der Waals surface area contributed by atoms with Crippen molar-refractivity contribution >= 4 is 29.2 Å². The third-order valence-corrected chi connectivity index (χ3v) is 3.06. The van der Waals surface area contributed by atoms with Crippen molar-refractivity contribution in [3.05, 3.63) is 70.8 Å². The van der Waals surface area contributed by atoms with Gasteiger partial charge in [0, 0.05) is 5.02 Å². The maximum Gasteiger partial charge on any atom is 0.416 e. The normalized spacial score (nSPS) is 12.7. The number of nitrogens with one attached hydrogen (secondary N) is 1. The zero-order valence-corrected chi connectivity index (χ0v) is 12.4. The van der Waals surface area contributed by atoms with E-state index >= 15 is 0 Å². The number of rotatable bonds is 3. The number of alkyl halides is 3. The Balaban J connectivity index is 2.23. The third kappa shape index (κ3) is 5.12. The molecule has 0 heterocycles. The van der Waals surface area contributed by atoms with Crippen LogP contribution in [0.2, 0.25) is 5.02 Å². The summed E-state index contributed by atoms with van der Waals surface area (Å²) in [6.45, 7) is 0. The van der Waals surface area contributed by atoms with Crippen LogP contribution in [-0.4, -0.2) is 11.0 Å². The molecule has 0 amide bonds. The molecule has 120 valence electrons. The smallest absolute Gasteiger partial charge is 0.290 e. The Morgan fingerprint density at radius 2 is 1.87 bits per heavy atom. The molecule has 0 aliphatic rings. The molecule has 0 bridgehead atoms. The number of hydrogen-bond donors (Lipinski definition) is 2. The molecule has 0 aliphatic carbocycles. The molecular formula is C16H12ClF3N2O. The van der Waals surface area contributed by atoms with Gasteiger partial charge in [0.2, 0.25) is 0 Å². The molecule has 2 aromatic rings. The first-order valence-electron chi connectivity index (χ1n) is 6.48. The van der Waals surface area contributed by atoms with E-state index < -0.39 is 11.7 Å². The minimum Gasteiger partial charge on any atom is -0.290 e. The minimum absolute atomic E-state index is 0.0599. The highest BCUT2D eigenvalue weighted by Gasteiger charge is 2.30. The average Bonchev–Trinajstić information content (AvgIpc) is 2.51. The van der Waals surface area contributed by atoms with Crippen LogP contribution >= 0.6 is 11.6 Å². The van der Waals surface area contributed by atoms with Gasteiger partial charge in [0.25, 0.3) is 0 Å². The summed E-state index contributed by atoms with van der Waals surface area (Å²) < 4.78 is 37.9. The van der Waals surface area contributed by atoms with E-state index in [1.54, 1.807) is 24.3 Å². The first kappa shape index (κ1) is 17.1. The lowest BCUT2D eigenvalue weighted by atomic mass is 10.1. The van der Waals surface area contributed by atoms with Crippen LogP contribution in [0.5, 0.6) is 0 Å². The van der Waals surface area contributed by atoms with Gasteiger partial charge in [-0.25, -0.2) is 4.99 Å². The fourth-order valence-electron chi connectivity index (χ4n) is 1.78. The van der Waals surface area contributed by atoms with E-state index in [2.05, 4.69) is 4.99 Å². The molecule has 2 aromatic carbocycles. The van der Waals surface area contributed by atoms with Crippen molar-refractivity contribution in [1.82, 2.24) is 5.48 Å².